The van der Waals surface area contributed by atoms with Crippen LogP contribution in [-0.2, 0) is 30.1 Å². The van der Waals surface area contributed by atoms with Crippen LogP contribution in [0.5, 0.6) is 0 Å². The molecule has 1 rings (SSSR count). The van der Waals surface area contributed by atoms with Crippen molar-refractivity contribution in [2.45, 2.75) is 25.9 Å². The van der Waals surface area contributed by atoms with Crippen molar-refractivity contribution in [2.24, 2.45) is 5.92 Å². The Morgan fingerprint density at radius 1 is 1.57 bits per heavy atom. The van der Waals surface area contributed by atoms with Gasteiger partial charge in [-0.2, -0.15) is 0 Å². The Balaban J connectivity index is 2.67. The standard InChI is InChI=1S/C10H14O3.Cr/c1-8(11)13-10-6-4-3-5-9(10)7-12-2;/h4,6,9-10H,3,5H2,1-2H3;/t9-,10-;/m0./s1. The van der Waals surface area contributed by atoms with Crippen LogP contribution in [0.15, 0.2) is 12.2 Å². The second kappa shape index (κ2) is 5.45. The number of esters is 1. The first-order valence-corrected chi connectivity index (χ1v) is 5.20. The van der Waals surface area contributed by atoms with E-state index in [9.17, 15) is 4.79 Å². The molecule has 0 fully saturated rings. The summed E-state index contributed by atoms with van der Waals surface area (Å²) in [5, 5.41) is 0. The molecule has 2 atom stereocenters. The first-order chi connectivity index (χ1) is 6.65. The topological polar surface area (TPSA) is 35.5 Å². The first kappa shape index (κ1) is 11.6. The third-order valence-electron chi connectivity index (χ3n) is 2.17. The molecule has 14 heavy (non-hydrogen) atoms. The molecule has 0 saturated carbocycles. The van der Waals surface area contributed by atoms with Gasteiger partial charge in [-0.15, -0.1) is 0 Å². The zero-order valence-electron chi connectivity index (χ0n) is 8.36. The normalized spacial score (nSPS) is 25.9. The van der Waals surface area contributed by atoms with Crippen LogP contribution < -0.4 is 0 Å². The summed E-state index contributed by atoms with van der Waals surface area (Å²) >= 11 is 2.87. The van der Waals surface area contributed by atoms with Gasteiger partial charge in [0.05, 0.1) is 0 Å². The van der Waals surface area contributed by atoms with E-state index in [2.05, 4.69) is 15.9 Å². The van der Waals surface area contributed by atoms with E-state index in [-0.39, 0.29) is 18.0 Å². The molecule has 0 radical (unpaired) electrons. The number of carbonyl (C=O) groups is 1. The Kier molecular flexibility index (Phi) is 4.54. The number of allylic oxidation sites excluding steroid dienone is 1. The summed E-state index contributed by atoms with van der Waals surface area (Å²) in [7, 11) is 1.62. The van der Waals surface area contributed by atoms with Crippen molar-refractivity contribution in [3.8, 4) is 0 Å². The molecular formula is C10H14CrO3. The molecule has 1 aliphatic carbocycles. The van der Waals surface area contributed by atoms with Crippen LogP contribution in [0.1, 0.15) is 19.8 Å². The molecule has 0 amide bonds. The summed E-state index contributed by atoms with van der Waals surface area (Å²) in [4.78, 5) is 10.9. The van der Waals surface area contributed by atoms with Gasteiger partial charge in [-0.25, -0.2) is 0 Å². The van der Waals surface area contributed by atoms with E-state index in [1.807, 2.05) is 12.2 Å². The molecule has 0 heterocycles. The molecule has 0 aromatic rings. The second-order valence-corrected chi connectivity index (χ2v) is 3.84. The van der Waals surface area contributed by atoms with Gasteiger partial charge in [0.15, 0.2) is 0 Å². The molecule has 3 nitrogen and oxygen atoms in total. The van der Waals surface area contributed by atoms with Crippen LogP contribution in [0.2, 0.25) is 0 Å². The molecule has 78 valence electrons. The van der Waals surface area contributed by atoms with Gasteiger partial charge in [-0.05, 0) is 0 Å². The number of ether oxygens (including phenoxy) is 2. The SMILES string of the molecule is CO[C](=[Cr])[C@@H]1CCC=C[C@@H]1OC(C)=O. The molecule has 0 unspecified atom stereocenters. The maximum atomic E-state index is 10.9. The molecule has 4 heteroatoms. The Bertz CT molecular complexity index is 260. The molecule has 0 saturated heterocycles. The molecule has 0 aromatic heterocycles. The third kappa shape index (κ3) is 3.06. The number of carbonyl (C=O) groups excluding carboxylic acids is 1. The summed E-state index contributed by atoms with van der Waals surface area (Å²) in [5.74, 6) is -0.107. The maximum absolute atomic E-state index is 10.9. The second-order valence-electron chi connectivity index (χ2n) is 3.21. The van der Waals surface area contributed by atoms with Crippen LogP contribution in [0.3, 0.4) is 0 Å². The monoisotopic (exact) mass is 234 g/mol. The van der Waals surface area contributed by atoms with Crippen molar-refractivity contribution in [1.29, 1.82) is 0 Å². The van der Waals surface area contributed by atoms with E-state index in [1.54, 1.807) is 7.11 Å². The third-order valence-corrected chi connectivity index (χ3v) is 2.91. The molecule has 0 bridgehead atoms. The number of hydrogen-bond donors (Lipinski definition) is 0. The van der Waals surface area contributed by atoms with Crippen molar-refractivity contribution < 1.29 is 30.1 Å². The van der Waals surface area contributed by atoms with E-state index in [0.29, 0.717) is 0 Å². The Morgan fingerprint density at radius 2 is 2.29 bits per heavy atom. The van der Waals surface area contributed by atoms with Crippen LogP contribution in [0.25, 0.3) is 0 Å². The van der Waals surface area contributed by atoms with Gasteiger partial charge in [-0.3, -0.25) is 0 Å². The summed E-state index contributed by atoms with van der Waals surface area (Å²) in [5.41, 5.74) is 0. The molecule has 1 aliphatic rings. The zero-order valence-corrected chi connectivity index (χ0v) is 9.63. The van der Waals surface area contributed by atoms with E-state index in [0.717, 1.165) is 17.4 Å². The predicted octanol–water partition coefficient (Wildman–Crippen LogP) is 1.21. The average Bonchev–Trinajstić information content (AvgIpc) is 2.16. The average molecular weight is 234 g/mol. The van der Waals surface area contributed by atoms with Crippen molar-refractivity contribution in [3.63, 3.8) is 0 Å². The van der Waals surface area contributed by atoms with Gasteiger partial charge in [0.1, 0.15) is 0 Å². The fourth-order valence-corrected chi connectivity index (χ4v) is 1.91. The fraction of sp³-hybridized carbons (Fsp3) is 0.600. The van der Waals surface area contributed by atoms with Crippen LogP contribution in [-0.4, -0.2) is 23.7 Å². The van der Waals surface area contributed by atoms with Crippen molar-refractivity contribution in [3.05, 3.63) is 12.2 Å². The Morgan fingerprint density at radius 3 is 2.86 bits per heavy atom. The van der Waals surface area contributed by atoms with Crippen LogP contribution in [0, 0.1) is 5.92 Å². The Hall–Kier alpha value is -0.428. The quantitative estimate of drug-likeness (QED) is 0.544. The summed E-state index contributed by atoms with van der Waals surface area (Å²) in [6.45, 7) is 1.42. The number of methoxy groups -OCH3 is 1. The molecule has 0 N–H and O–H groups in total. The summed E-state index contributed by atoms with van der Waals surface area (Å²) < 4.78 is 11.1. The van der Waals surface area contributed by atoms with Crippen molar-refractivity contribution in [1.82, 2.24) is 0 Å². The first-order valence-electron chi connectivity index (χ1n) is 4.57. The molecular weight excluding hydrogens is 220 g/mol. The van der Waals surface area contributed by atoms with Gasteiger partial charge in [0.2, 0.25) is 0 Å². The van der Waals surface area contributed by atoms with Crippen molar-refractivity contribution in [2.75, 3.05) is 7.11 Å². The van der Waals surface area contributed by atoms with Gasteiger partial charge in [0, 0.05) is 0 Å². The molecule has 0 aromatic carbocycles. The van der Waals surface area contributed by atoms with E-state index >= 15 is 0 Å². The Labute approximate surface area is 92.0 Å². The zero-order chi connectivity index (χ0) is 10.6. The number of rotatable bonds is 3. The summed E-state index contributed by atoms with van der Waals surface area (Å²) in [6.07, 6.45) is 5.72. The van der Waals surface area contributed by atoms with Gasteiger partial charge < -0.3 is 0 Å². The van der Waals surface area contributed by atoms with E-state index in [1.165, 1.54) is 6.92 Å². The number of hydrogen-bond acceptors (Lipinski definition) is 3. The van der Waals surface area contributed by atoms with E-state index in [4.69, 9.17) is 9.47 Å². The molecule has 0 spiro atoms. The minimum atomic E-state index is -0.254. The summed E-state index contributed by atoms with van der Waals surface area (Å²) in [6, 6.07) is 0. The fourth-order valence-electron chi connectivity index (χ4n) is 1.52. The van der Waals surface area contributed by atoms with Gasteiger partial charge in [0.25, 0.3) is 0 Å². The van der Waals surface area contributed by atoms with Crippen LogP contribution >= 0.6 is 0 Å². The predicted molar refractivity (Wildman–Crippen MR) is 49.4 cm³/mol. The van der Waals surface area contributed by atoms with Crippen LogP contribution in [0.4, 0.5) is 0 Å². The van der Waals surface area contributed by atoms with E-state index < -0.39 is 0 Å². The van der Waals surface area contributed by atoms with Gasteiger partial charge in [-0.1, -0.05) is 0 Å². The van der Waals surface area contributed by atoms with Gasteiger partial charge >= 0.3 is 91.7 Å². The van der Waals surface area contributed by atoms with Crippen molar-refractivity contribution >= 4 is 10.5 Å². The molecule has 0 aliphatic heterocycles. The minimum absolute atomic E-state index is 0.147.